The van der Waals surface area contributed by atoms with Crippen molar-refractivity contribution in [1.29, 1.82) is 0 Å². The van der Waals surface area contributed by atoms with Crippen molar-refractivity contribution in [3.8, 4) is 0 Å². The first-order chi connectivity index (χ1) is 11.8. The number of nitrogens with zero attached hydrogens (tertiary/aromatic N) is 4. The van der Waals surface area contributed by atoms with E-state index >= 15 is 0 Å². The summed E-state index contributed by atoms with van der Waals surface area (Å²) in [5.74, 6) is 1.64. The molecule has 0 radical (unpaired) electrons. The molecule has 24 heavy (non-hydrogen) atoms. The van der Waals surface area contributed by atoms with Gasteiger partial charge in [0.2, 0.25) is 0 Å². The first kappa shape index (κ1) is 15.4. The highest BCUT2D eigenvalue weighted by Gasteiger charge is 2.28. The predicted octanol–water partition coefficient (Wildman–Crippen LogP) is 2.33. The van der Waals surface area contributed by atoms with Gasteiger partial charge in [-0.25, -0.2) is 9.97 Å². The molecule has 0 aromatic carbocycles. The van der Waals surface area contributed by atoms with Gasteiger partial charge in [0, 0.05) is 57.3 Å². The minimum Gasteiger partial charge on any atom is -0.381 e. The van der Waals surface area contributed by atoms with E-state index in [1.165, 1.54) is 5.69 Å². The van der Waals surface area contributed by atoms with Gasteiger partial charge in [0.15, 0.2) is 0 Å². The van der Waals surface area contributed by atoms with Gasteiger partial charge >= 0.3 is 0 Å². The molecule has 1 atom stereocenters. The molecule has 1 aliphatic rings. The van der Waals surface area contributed by atoms with Gasteiger partial charge in [-0.2, -0.15) is 0 Å². The summed E-state index contributed by atoms with van der Waals surface area (Å²) in [6, 6.07) is 6.45. The summed E-state index contributed by atoms with van der Waals surface area (Å²) in [6.07, 6.45) is 9.88. The Morgan fingerprint density at radius 2 is 2.04 bits per heavy atom. The van der Waals surface area contributed by atoms with Crippen LogP contribution in [-0.2, 0) is 18.3 Å². The van der Waals surface area contributed by atoms with Crippen LogP contribution in [0.4, 0.5) is 0 Å². The van der Waals surface area contributed by atoms with Crippen molar-refractivity contribution in [2.75, 3.05) is 13.2 Å². The number of aromatic nitrogens is 4. The number of imidazole rings is 2. The number of hydrogen-bond donors (Lipinski definition) is 1. The van der Waals surface area contributed by atoms with Crippen molar-refractivity contribution in [1.82, 2.24) is 24.3 Å². The minimum absolute atomic E-state index is 0.229. The lowest BCUT2D eigenvalue weighted by atomic mass is 9.91. The standard InChI is InChI=1S/C18H23N5O/c1-22-9-7-20-18(22)17(14-5-11-24-12-6-14)21-13-15-3-2-4-16-19-8-10-23(15)16/h2-4,7-10,14,17,21H,5-6,11-13H2,1H3/t17-/m0/s1. The Hall–Kier alpha value is -2.18. The van der Waals surface area contributed by atoms with Crippen LogP contribution in [0.15, 0.2) is 43.0 Å². The molecule has 126 valence electrons. The second kappa shape index (κ2) is 6.75. The SMILES string of the molecule is Cn1ccnc1[C@@H](NCc1cccc2nccn12)C1CCOCC1. The number of nitrogens with one attached hydrogen (secondary N) is 1. The van der Waals surface area contributed by atoms with E-state index in [4.69, 9.17) is 4.74 Å². The summed E-state index contributed by atoms with van der Waals surface area (Å²) < 4.78 is 9.79. The van der Waals surface area contributed by atoms with Crippen LogP contribution in [0, 0.1) is 5.92 Å². The number of ether oxygens (including phenoxy) is 1. The molecule has 6 nitrogen and oxygen atoms in total. The minimum atomic E-state index is 0.229. The summed E-state index contributed by atoms with van der Waals surface area (Å²) in [5, 5.41) is 3.74. The topological polar surface area (TPSA) is 56.4 Å². The molecule has 4 heterocycles. The number of fused-ring (bicyclic) bond motifs is 1. The fourth-order valence-electron chi connectivity index (χ4n) is 3.56. The number of aryl methyl sites for hydroxylation is 1. The Bertz CT molecular complexity index is 802. The van der Waals surface area contributed by atoms with Crippen molar-refractivity contribution in [2.45, 2.75) is 25.4 Å². The third-order valence-electron chi connectivity index (χ3n) is 4.89. The summed E-state index contributed by atoms with van der Waals surface area (Å²) in [4.78, 5) is 8.96. The lowest BCUT2D eigenvalue weighted by Crippen LogP contribution is -2.34. The molecule has 0 saturated carbocycles. The van der Waals surface area contributed by atoms with Gasteiger partial charge < -0.3 is 19.0 Å². The Labute approximate surface area is 141 Å². The Kier molecular flexibility index (Phi) is 4.32. The molecule has 3 aromatic rings. The molecule has 4 rings (SSSR count). The van der Waals surface area contributed by atoms with Crippen molar-refractivity contribution in [3.05, 3.63) is 54.5 Å². The maximum Gasteiger partial charge on any atom is 0.136 e. The zero-order valence-corrected chi connectivity index (χ0v) is 13.9. The summed E-state index contributed by atoms with van der Waals surface area (Å²) in [6.45, 7) is 2.46. The third kappa shape index (κ3) is 2.95. The van der Waals surface area contributed by atoms with Gasteiger partial charge in [-0.05, 0) is 30.9 Å². The van der Waals surface area contributed by atoms with Crippen LogP contribution in [0.2, 0.25) is 0 Å². The Morgan fingerprint density at radius 3 is 2.83 bits per heavy atom. The van der Waals surface area contributed by atoms with Crippen LogP contribution in [0.1, 0.15) is 30.4 Å². The lowest BCUT2D eigenvalue weighted by Gasteiger charge is -2.30. The second-order valence-electron chi connectivity index (χ2n) is 6.38. The molecule has 1 N–H and O–H groups in total. The van der Waals surface area contributed by atoms with Gasteiger partial charge in [0.1, 0.15) is 11.5 Å². The number of pyridine rings is 1. The maximum atomic E-state index is 5.54. The van der Waals surface area contributed by atoms with Crippen LogP contribution in [-0.4, -0.2) is 32.1 Å². The average molecular weight is 325 g/mol. The van der Waals surface area contributed by atoms with Gasteiger partial charge in [-0.3, -0.25) is 0 Å². The molecule has 1 fully saturated rings. The van der Waals surface area contributed by atoms with Crippen molar-refractivity contribution in [3.63, 3.8) is 0 Å². The van der Waals surface area contributed by atoms with Crippen molar-refractivity contribution < 1.29 is 4.74 Å². The van der Waals surface area contributed by atoms with Crippen LogP contribution in [0.5, 0.6) is 0 Å². The molecular weight excluding hydrogens is 302 g/mol. The maximum absolute atomic E-state index is 5.54. The highest BCUT2D eigenvalue weighted by molar-refractivity contribution is 5.39. The molecule has 0 spiro atoms. The van der Waals surface area contributed by atoms with E-state index in [-0.39, 0.29) is 6.04 Å². The van der Waals surface area contributed by atoms with Crippen LogP contribution < -0.4 is 5.32 Å². The third-order valence-corrected chi connectivity index (χ3v) is 4.89. The van der Waals surface area contributed by atoms with Crippen molar-refractivity contribution in [2.24, 2.45) is 13.0 Å². The summed E-state index contributed by atoms with van der Waals surface area (Å²) >= 11 is 0. The van der Waals surface area contributed by atoms with E-state index in [1.807, 2.05) is 30.9 Å². The molecule has 0 aliphatic carbocycles. The molecule has 6 heteroatoms. The normalized spacial score (nSPS) is 17.4. The van der Waals surface area contributed by atoms with E-state index in [2.05, 4.69) is 43.4 Å². The van der Waals surface area contributed by atoms with E-state index in [9.17, 15) is 0 Å². The van der Waals surface area contributed by atoms with Gasteiger partial charge in [0.05, 0.1) is 6.04 Å². The van der Waals surface area contributed by atoms with E-state index in [0.29, 0.717) is 5.92 Å². The Balaban J connectivity index is 1.57. The first-order valence-corrected chi connectivity index (χ1v) is 8.52. The summed E-state index contributed by atoms with van der Waals surface area (Å²) in [7, 11) is 2.06. The largest absolute Gasteiger partial charge is 0.381 e. The predicted molar refractivity (Wildman–Crippen MR) is 91.5 cm³/mol. The molecule has 3 aromatic heterocycles. The highest BCUT2D eigenvalue weighted by Crippen LogP contribution is 2.29. The summed E-state index contributed by atoms with van der Waals surface area (Å²) in [5.41, 5.74) is 2.19. The second-order valence-corrected chi connectivity index (χ2v) is 6.38. The van der Waals surface area contributed by atoms with Crippen LogP contribution in [0.25, 0.3) is 5.65 Å². The van der Waals surface area contributed by atoms with E-state index in [1.54, 1.807) is 0 Å². The molecule has 1 saturated heterocycles. The van der Waals surface area contributed by atoms with Crippen molar-refractivity contribution >= 4 is 5.65 Å². The molecule has 1 aliphatic heterocycles. The first-order valence-electron chi connectivity index (χ1n) is 8.52. The highest BCUT2D eigenvalue weighted by atomic mass is 16.5. The average Bonchev–Trinajstić information content (AvgIpc) is 3.26. The quantitative estimate of drug-likeness (QED) is 0.782. The van der Waals surface area contributed by atoms with Gasteiger partial charge in [0.25, 0.3) is 0 Å². The fraction of sp³-hybridized carbons (Fsp3) is 0.444. The Morgan fingerprint density at radius 1 is 1.21 bits per heavy atom. The lowest BCUT2D eigenvalue weighted by molar-refractivity contribution is 0.0517. The van der Waals surface area contributed by atoms with Crippen LogP contribution >= 0.6 is 0 Å². The fourth-order valence-corrected chi connectivity index (χ4v) is 3.56. The van der Waals surface area contributed by atoms with Gasteiger partial charge in [-0.15, -0.1) is 0 Å². The van der Waals surface area contributed by atoms with Crippen LogP contribution in [0.3, 0.4) is 0 Å². The number of hydrogen-bond acceptors (Lipinski definition) is 4. The van der Waals surface area contributed by atoms with Gasteiger partial charge in [-0.1, -0.05) is 6.07 Å². The zero-order valence-electron chi connectivity index (χ0n) is 13.9. The molecular formula is C18H23N5O. The molecule has 0 unspecified atom stereocenters. The number of rotatable bonds is 5. The molecule has 0 amide bonds. The van der Waals surface area contributed by atoms with E-state index < -0.39 is 0 Å². The van der Waals surface area contributed by atoms with E-state index in [0.717, 1.165) is 44.1 Å². The zero-order chi connectivity index (χ0) is 16.4. The smallest absolute Gasteiger partial charge is 0.136 e. The monoisotopic (exact) mass is 325 g/mol. The molecule has 0 bridgehead atoms.